The third kappa shape index (κ3) is 2.19. The van der Waals surface area contributed by atoms with Gasteiger partial charge in [-0.3, -0.25) is 4.98 Å². The normalized spacial score (nSPS) is 17.7. The van der Waals surface area contributed by atoms with Gasteiger partial charge in [0.25, 0.3) is 0 Å². The van der Waals surface area contributed by atoms with Crippen LogP contribution in [0.3, 0.4) is 0 Å². The molecule has 1 aliphatic rings. The number of imidazole rings is 1. The Morgan fingerprint density at radius 2 is 1.77 bits per heavy atom. The highest BCUT2D eigenvalue weighted by Crippen LogP contribution is 2.48. The van der Waals surface area contributed by atoms with Crippen molar-refractivity contribution in [2.45, 2.75) is 12.0 Å². The molecule has 126 valence electrons. The smallest absolute Gasteiger partial charge is 0.141 e. The highest BCUT2D eigenvalue weighted by molar-refractivity contribution is 9.10. The van der Waals surface area contributed by atoms with Crippen molar-refractivity contribution in [3.8, 4) is 11.4 Å². The maximum absolute atomic E-state index is 4.66. The summed E-state index contributed by atoms with van der Waals surface area (Å²) in [6.45, 7) is 0. The monoisotopic (exact) mass is 401 g/mol. The minimum atomic E-state index is -0.327. The molecule has 5 rings (SSSR count). The van der Waals surface area contributed by atoms with Crippen molar-refractivity contribution in [1.29, 1.82) is 0 Å². The largest absolute Gasteiger partial charge is 0.316 e. The molecule has 3 heterocycles. The number of pyridine rings is 1. The predicted octanol–water partition coefficient (Wildman–Crippen LogP) is 5.06. The van der Waals surface area contributed by atoms with Gasteiger partial charge in [0.15, 0.2) is 0 Å². The van der Waals surface area contributed by atoms with E-state index in [0.29, 0.717) is 0 Å². The minimum absolute atomic E-state index is 0.327. The van der Waals surface area contributed by atoms with Crippen molar-refractivity contribution >= 4 is 15.9 Å². The first kappa shape index (κ1) is 15.5. The molecule has 1 aliphatic heterocycles. The number of hydrogen-bond donors (Lipinski definition) is 0. The number of nitrogens with zero attached hydrogens (tertiary/aromatic N) is 3. The van der Waals surface area contributed by atoms with Gasteiger partial charge in [0.05, 0.1) is 0 Å². The van der Waals surface area contributed by atoms with Crippen molar-refractivity contribution in [2.24, 2.45) is 0 Å². The van der Waals surface area contributed by atoms with Crippen LogP contribution in [0.5, 0.6) is 0 Å². The van der Waals surface area contributed by atoms with E-state index in [-0.39, 0.29) is 5.54 Å². The molecule has 2 aromatic heterocycles. The second-order valence-corrected chi connectivity index (χ2v) is 7.49. The first-order chi connectivity index (χ1) is 12.8. The van der Waals surface area contributed by atoms with Crippen LogP contribution in [0, 0.1) is 0 Å². The lowest BCUT2D eigenvalue weighted by Crippen LogP contribution is -2.35. The van der Waals surface area contributed by atoms with E-state index in [2.05, 4.69) is 91.3 Å². The summed E-state index contributed by atoms with van der Waals surface area (Å²) < 4.78 is 3.39. The number of fused-ring (bicyclic) bond motifs is 3. The Bertz CT molecular complexity index is 1070. The average molecular weight is 402 g/mol. The lowest BCUT2D eigenvalue weighted by molar-refractivity contribution is 0.449. The third-order valence-corrected chi connectivity index (χ3v) is 5.70. The van der Waals surface area contributed by atoms with E-state index in [4.69, 9.17) is 0 Å². The predicted molar refractivity (Wildman–Crippen MR) is 106 cm³/mol. The van der Waals surface area contributed by atoms with Gasteiger partial charge >= 0.3 is 0 Å². The Labute approximate surface area is 160 Å². The second kappa shape index (κ2) is 5.92. The summed E-state index contributed by atoms with van der Waals surface area (Å²) in [5.41, 5.74) is 4.60. The van der Waals surface area contributed by atoms with E-state index in [0.717, 1.165) is 16.7 Å². The summed E-state index contributed by atoms with van der Waals surface area (Å²) in [5.74, 6) is 1.02. The van der Waals surface area contributed by atoms with E-state index >= 15 is 0 Å². The zero-order valence-electron chi connectivity index (χ0n) is 14.0. The van der Waals surface area contributed by atoms with Crippen molar-refractivity contribution in [2.75, 3.05) is 0 Å². The van der Waals surface area contributed by atoms with Crippen LogP contribution in [-0.4, -0.2) is 14.5 Å². The van der Waals surface area contributed by atoms with Gasteiger partial charge in [-0.25, -0.2) is 4.98 Å². The average Bonchev–Trinajstić information content (AvgIpc) is 3.26. The fourth-order valence-corrected chi connectivity index (χ4v) is 4.34. The highest BCUT2D eigenvalue weighted by atomic mass is 79.9. The highest BCUT2D eigenvalue weighted by Gasteiger charge is 2.44. The molecule has 2 aromatic carbocycles. The third-order valence-electron chi connectivity index (χ3n) is 5.17. The van der Waals surface area contributed by atoms with Crippen LogP contribution in [0.1, 0.15) is 16.7 Å². The first-order valence-electron chi connectivity index (χ1n) is 8.58. The molecule has 4 heteroatoms. The van der Waals surface area contributed by atoms with Crippen LogP contribution in [0.25, 0.3) is 11.4 Å². The van der Waals surface area contributed by atoms with Gasteiger partial charge in [-0.15, -0.1) is 0 Å². The number of halogens is 1. The van der Waals surface area contributed by atoms with E-state index in [1.165, 1.54) is 22.3 Å². The SMILES string of the molecule is Brc1ccc([C@]2(Cc3cccnc3)c3ccccc3-c3nccn32)cc1. The molecule has 0 saturated heterocycles. The van der Waals surface area contributed by atoms with Crippen LogP contribution in [0.15, 0.2) is 89.9 Å². The molecule has 0 N–H and O–H groups in total. The van der Waals surface area contributed by atoms with Crippen molar-refractivity contribution in [3.63, 3.8) is 0 Å². The van der Waals surface area contributed by atoms with Crippen LogP contribution < -0.4 is 0 Å². The van der Waals surface area contributed by atoms with Gasteiger partial charge < -0.3 is 4.57 Å². The van der Waals surface area contributed by atoms with E-state index in [1.54, 1.807) is 0 Å². The lowest BCUT2D eigenvalue weighted by Gasteiger charge is -2.34. The second-order valence-electron chi connectivity index (χ2n) is 6.57. The van der Waals surface area contributed by atoms with Crippen molar-refractivity contribution < 1.29 is 0 Å². The quantitative estimate of drug-likeness (QED) is 0.480. The molecule has 0 aliphatic carbocycles. The molecule has 0 spiro atoms. The molecule has 0 amide bonds. The Morgan fingerprint density at radius 3 is 2.58 bits per heavy atom. The first-order valence-corrected chi connectivity index (χ1v) is 9.37. The summed E-state index contributed by atoms with van der Waals surface area (Å²) in [6, 6.07) is 21.3. The summed E-state index contributed by atoms with van der Waals surface area (Å²) in [7, 11) is 0. The minimum Gasteiger partial charge on any atom is -0.316 e. The maximum Gasteiger partial charge on any atom is 0.141 e. The Balaban J connectivity index is 1.82. The zero-order chi connectivity index (χ0) is 17.6. The van der Waals surface area contributed by atoms with Crippen LogP contribution in [0.4, 0.5) is 0 Å². The van der Waals surface area contributed by atoms with Crippen LogP contribution in [-0.2, 0) is 12.0 Å². The molecule has 0 fully saturated rings. The number of rotatable bonds is 3. The summed E-state index contributed by atoms with van der Waals surface area (Å²) >= 11 is 3.57. The van der Waals surface area contributed by atoms with Gasteiger partial charge in [0.1, 0.15) is 11.4 Å². The molecular formula is C22H16BrN3. The van der Waals surface area contributed by atoms with E-state index in [9.17, 15) is 0 Å². The number of aromatic nitrogens is 3. The van der Waals surface area contributed by atoms with Gasteiger partial charge in [0, 0.05) is 41.2 Å². The van der Waals surface area contributed by atoms with Gasteiger partial charge in [-0.05, 0) is 34.9 Å². The Hall–Kier alpha value is -2.72. The zero-order valence-corrected chi connectivity index (χ0v) is 15.6. The van der Waals surface area contributed by atoms with Crippen LogP contribution >= 0.6 is 15.9 Å². The summed E-state index contributed by atoms with van der Waals surface area (Å²) in [6.07, 6.45) is 8.58. The standard InChI is InChI=1S/C22H16BrN3/c23-18-9-7-17(8-10-18)22(14-16-4-3-11-24-15-16)20-6-2-1-5-19(20)21-25-12-13-26(21)22/h1-13,15H,14H2/t22-/m1/s1. The van der Waals surface area contributed by atoms with E-state index < -0.39 is 0 Å². The number of benzene rings is 2. The maximum atomic E-state index is 4.66. The molecular weight excluding hydrogens is 386 g/mol. The van der Waals surface area contributed by atoms with Crippen LogP contribution in [0.2, 0.25) is 0 Å². The van der Waals surface area contributed by atoms with Gasteiger partial charge in [0.2, 0.25) is 0 Å². The molecule has 26 heavy (non-hydrogen) atoms. The molecule has 0 unspecified atom stereocenters. The van der Waals surface area contributed by atoms with E-state index in [1.807, 2.05) is 24.7 Å². The van der Waals surface area contributed by atoms with Gasteiger partial charge in [-0.2, -0.15) is 0 Å². The molecule has 1 atom stereocenters. The fourth-order valence-electron chi connectivity index (χ4n) is 4.08. The van der Waals surface area contributed by atoms with Gasteiger partial charge in [-0.1, -0.05) is 58.4 Å². The lowest BCUT2D eigenvalue weighted by atomic mass is 9.78. The molecule has 3 nitrogen and oxygen atoms in total. The molecule has 0 radical (unpaired) electrons. The Morgan fingerprint density at radius 1 is 0.923 bits per heavy atom. The summed E-state index contributed by atoms with van der Waals surface area (Å²) in [4.78, 5) is 8.99. The number of hydrogen-bond acceptors (Lipinski definition) is 2. The molecule has 0 saturated carbocycles. The topological polar surface area (TPSA) is 30.7 Å². The summed E-state index contributed by atoms with van der Waals surface area (Å²) in [5, 5.41) is 0. The molecule has 4 aromatic rings. The Kier molecular flexibility index (Phi) is 3.54. The van der Waals surface area contributed by atoms with Crippen molar-refractivity contribution in [1.82, 2.24) is 14.5 Å². The fraction of sp³-hybridized carbons (Fsp3) is 0.0909. The molecule has 0 bridgehead atoms. The van der Waals surface area contributed by atoms with Crippen molar-refractivity contribution in [3.05, 3.63) is 107 Å².